The predicted octanol–water partition coefficient (Wildman–Crippen LogP) is 5.49. The van der Waals surface area contributed by atoms with Crippen LogP contribution in [-0.2, 0) is 12.5 Å². The van der Waals surface area contributed by atoms with Gasteiger partial charge in [0.05, 0.1) is 12.1 Å². The highest BCUT2D eigenvalue weighted by Crippen LogP contribution is 2.39. The van der Waals surface area contributed by atoms with Crippen LogP contribution in [0.3, 0.4) is 0 Å². The number of nitrogens with zero attached hydrogens (tertiary/aromatic N) is 2. The number of hydrogen-bond acceptors (Lipinski definition) is 0. The summed E-state index contributed by atoms with van der Waals surface area (Å²) in [6.45, 7) is 16.5. The molecule has 3 aromatic rings. The molecule has 1 heterocycles. The minimum atomic E-state index is 0.0754. The minimum Gasteiger partial charge on any atom is -0.237 e. The monoisotopic (exact) mass is 315 g/mol. The van der Waals surface area contributed by atoms with Gasteiger partial charge in [0.1, 0.15) is 7.05 Å². The summed E-state index contributed by atoms with van der Waals surface area (Å²) in [5.74, 6) is 0. The summed E-state index contributed by atoms with van der Waals surface area (Å²) >= 11 is 0. The molecule has 120 valence electrons. The number of hydrogen-bond donors (Lipinski definition) is 0. The summed E-state index contributed by atoms with van der Waals surface area (Å²) in [4.78, 5) is 3.91. The van der Waals surface area contributed by atoms with Gasteiger partial charge >= 0.3 is 0 Å². The van der Waals surface area contributed by atoms with Gasteiger partial charge in [-0.1, -0.05) is 51.1 Å². The zero-order valence-electron chi connectivity index (χ0n) is 15.0. The van der Waals surface area contributed by atoms with Crippen LogP contribution in [0.1, 0.15) is 31.9 Å². The van der Waals surface area contributed by atoms with Crippen molar-refractivity contribution in [3.63, 3.8) is 0 Å². The standard InChI is InChI=1S/C22H23N2/c1-15-13-16-9-7-8-10-18(16)21(23-5)20(15)19-14-17(22(2,3)4)11-12-24(19)6/h7-14H,1-4,6H3/q+1. The first-order valence-corrected chi connectivity index (χ1v) is 8.23. The van der Waals surface area contributed by atoms with E-state index in [1.54, 1.807) is 0 Å². The van der Waals surface area contributed by atoms with Crippen LogP contribution in [0, 0.1) is 13.5 Å². The maximum absolute atomic E-state index is 7.78. The van der Waals surface area contributed by atoms with Crippen molar-refractivity contribution in [3.05, 3.63) is 71.2 Å². The highest BCUT2D eigenvalue weighted by molar-refractivity contribution is 6.02. The molecule has 0 N–H and O–H groups in total. The van der Waals surface area contributed by atoms with E-state index in [9.17, 15) is 0 Å². The van der Waals surface area contributed by atoms with E-state index >= 15 is 0 Å². The third kappa shape index (κ3) is 2.67. The first-order valence-electron chi connectivity index (χ1n) is 8.23. The SMILES string of the molecule is [C-]#[N+]c1c(-c2cc(C(C)(C)C)cc[n+]2C)c(C)cc2ccccc12. The van der Waals surface area contributed by atoms with E-state index < -0.39 is 0 Å². The molecule has 1 aromatic heterocycles. The van der Waals surface area contributed by atoms with Crippen molar-refractivity contribution in [2.24, 2.45) is 7.05 Å². The van der Waals surface area contributed by atoms with Crippen LogP contribution in [0.2, 0.25) is 0 Å². The molecule has 0 fully saturated rings. The van der Waals surface area contributed by atoms with Crippen LogP contribution in [0.5, 0.6) is 0 Å². The number of aryl methyl sites for hydroxylation is 2. The Bertz CT molecular complexity index is 970. The molecule has 0 saturated heterocycles. The van der Waals surface area contributed by atoms with Crippen LogP contribution < -0.4 is 4.57 Å². The summed E-state index contributed by atoms with van der Waals surface area (Å²) in [5, 5.41) is 2.15. The second-order valence-corrected chi connectivity index (χ2v) is 7.41. The van der Waals surface area contributed by atoms with Gasteiger partial charge in [0.15, 0.2) is 6.20 Å². The summed E-state index contributed by atoms with van der Waals surface area (Å²) in [5.41, 5.74) is 5.37. The van der Waals surface area contributed by atoms with Gasteiger partial charge in [-0.05, 0) is 34.2 Å². The maximum Gasteiger partial charge on any atom is 0.208 e. The van der Waals surface area contributed by atoms with Crippen molar-refractivity contribution in [3.8, 4) is 11.3 Å². The molecule has 3 rings (SSSR count). The Kier molecular flexibility index (Phi) is 3.89. The summed E-state index contributed by atoms with van der Waals surface area (Å²) in [6.07, 6.45) is 2.10. The van der Waals surface area contributed by atoms with E-state index in [1.807, 2.05) is 25.2 Å². The minimum absolute atomic E-state index is 0.0754. The molecule has 0 aliphatic carbocycles. The van der Waals surface area contributed by atoms with Gasteiger partial charge in [0.2, 0.25) is 11.4 Å². The number of benzene rings is 2. The topological polar surface area (TPSA) is 8.24 Å². The van der Waals surface area contributed by atoms with Crippen molar-refractivity contribution in [1.29, 1.82) is 0 Å². The van der Waals surface area contributed by atoms with Gasteiger partial charge in [-0.2, -0.15) is 0 Å². The average molecular weight is 315 g/mol. The van der Waals surface area contributed by atoms with Crippen molar-refractivity contribution < 1.29 is 4.57 Å². The molecule has 2 aromatic carbocycles. The van der Waals surface area contributed by atoms with Gasteiger partial charge in [-0.15, -0.1) is 0 Å². The van der Waals surface area contributed by atoms with Crippen LogP contribution in [0.4, 0.5) is 5.69 Å². The van der Waals surface area contributed by atoms with Crippen molar-refractivity contribution in [2.75, 3.05) is 0 Å². The third-order valence-electron chi connectivity index (χ3n) is 4.60. The normalized spacial score (nSPS) is 11.5. The molecule has 2 heteroatoms. The van der Waals surface area contributed by atoms with Crippen LogP contribution in [0.15, 0.2) is 48.7 Å². The maximum atomic E-state index is 7.78. The molecule has 0 unspecified atom stereocenters. The first-order chi connectivity index (χ1) is 11.3. The average Bonchev–Trinajstić information content (AvgIpc) is 2.53. The van der Waals surface area contributed by atoms with E-state index in [4.69, 9.17) is 6.57 Å². The Hall–Kier alpha value is -2.66. The fourth-order valence-corrected chi connectivity index (χ4v) is 3.19. The lowest BCUT2D eigenvalue weighted by Gasteiger charge is -2.19. The van der Waals surface area contributed by atoms with E-state index in [2.05, 4.69) is 67.6 Å². The van der Waals surface area contributed by atoms with Gasteiger partial charge in [-0.3, -0.25) is 0 Å². The fourth-order valence-electron chi connectivity index (χ4n) is 3.19. The van der Waals surface area contributed by atoms with Gasteiger partial charge in [-0.25, -0.2) is 9.41 Å². The molecule has 0 bridgehead atoms. The molecule has 2 nitrogen and oxygen atoms in total. The zero-order chi connectivity index (χ0) is 17.5. The Morgan fingerprint density at radius 2 is 1.75 bits per heavy atom. The smallest absolute Gasteiger partial charge is 0.208 e. The Morgan fingerprint density at radius 3 is 2.42 bits per heavy atom. The van der Waals surface area contributed by atoms with Crippen LogP contribution in [0.25, 0.3) is 26.9 Å². The quantitative estimate of drug-likeness (QED) is 0.414. The third-order valence-corrected chi connectivity index (χ3v) is 4.60. The van der Waals surface area contributed by atoms with Crippen LogP contribution >= 0.6 is 0 Å². The van der Waals surface area contributed by atoms with Crippen molar-refractivity contribution >= 4 is 16.5 Å². The molecule has 0 aliphatic rings. The largest absolute Gasteiger partial charge is 0.237 e. The number of pyridine rings is 1. The Labute approximate surface area is 144 Å². The predicted molar refractivity (Wildman–Crippen MR) is 100 cm³/mol. The van der Waals surface area contributed by atoms with Gasteiger partial charge in [0.25, 0.3) is 0 Å². The van der Waals surface area contributed by atoms with Crippen molar-refractivity contribution in [1.82, 2.24) is 0 Å². The Balaban J connectivity index is 2.39. The second kappa shape index (κ2) is 5.76. The molecule has 0 aliphatic heterocycles. The zero-order valence-corrected chi connectivity index (χ0v) is 15.0. The Morgan fingerprint density at radius 1 is 1.04 bits per heavy atom. The fraction of sp³-hybridized carbons (Fsp3) is 0.273. The van der Waals surface area contributed by atoms with E-state index in [0.717, 1.165) is 33.3 Å². The molecular weight excluding hydrogens is 292 g/mol. The number of fused-ring (bicyclic) bond motifs is 1. The number of aromatic nitrogens is 1. The number of rotatable bonds is 1. The molecule has 0 saturated carbocycles. The second-order valence-electron chi connectivity index (χ2n) is 7.41. The first kappa shape index (κ1) is 16.2. The molecular formula is C22H23N2+. The van der Waals surface area contributed by atoms with E-state index in [0.29, 0.717) is 0 Å². The highest BCUT2D eigenvalue weighted by Gasteiger charge is 2.23. The summed E-state index contributed by atoms with van der Waals surface area (Å²) in [6, 6.07) is 14.7. The van der Waals surface area contributed by atoms with Crippen LogP contribution in [-0.4, -0.2) is 0 Å². The molecule has 0 atom stereocenters. The lowest BCUT2D eigenvalue weighted by Crippen LogP contribution is -2.32. The lowest BCUT2D eigenvalue weighted by molar-refractivity contribution is -0.660. The molecule has 0 spiro atoms. The molecule has 0 radical (unpaired) electrons. The lowest BCUT2D eigenvalue weighted by atomic mass is 9.86. The van der Waals surface area contributed by atoms with Gasteiger partial charge < -0.3 is 0 Å². The summed E-state index contributed by atoms with van der Waals surface area (Å²) < 4.78 is 2.11. The van der Waals surface area contributed by atoms with E-state index in [1.165, 1.54) is 5.56 Å². The van der Waals surface area contributed by atoms with E-state index in [-0.39, 0.29) is 5.41 Å². The highest BCUT2D eigenvalue weighted by atomic mass is 14.9. The van der Waals surface area contributed by atoms with Gasteiger partial charge in [0, 0.05) is 12.1 Å². The summed E-state index contributed by atoms with van der Waals surface area (Å²) in [7, 11) is 2.05. The molecule has 24 heavy (non-hydrogen) atoms. The molecule has 0 amide bonds. The van der Waals surface area contributed by atoms with Crippen molar-refractivity contribution in [2.45, 2.75) is 33.1 Å².